The van der Waals surface area contributed by atoms with Crippen molar-refractivity contribution in [1.82, 2.24) is 14.8 Å². The summed E-state index contributed by atoms with van der Waals surface area (Å²) < 4.78 is 7.81. The quantitative estimate of drug-likeness (QED) is 0.532. The molecule has 1 aromatic carbocycles. The Hall–Kier alpha value is -1.82. The molecular weight excluding hydrogens is 358 g/mol. The van der Waals surface area contributed by atoms with Crippen molar-refractivity contribution in [2.75, 3.05) is 5.75 Å². The number of carbonyl (C=O) groups is 1. The molecule has 0 saturated heterocycles. The molecule has 0 N–H and O–H groups in total. The number of rotatable bonds is 6. The van der Waals surface area contributed by atoms with E-state index in [1.54, 1.807) is 6.33 Å². The van der Waals surface area contributed by atoms with E-state index in [9.17, 15) is 4.79 Å². The summed E-state index contributed by atoms with van der Waals surface area (Å²) in [5.41, 5.74) is 2.16. The van der Waals surface area contributed by atoms with Crippen molar-refractivity contribution in [3.63, 3.8) is 0 Å². The van der Waals surface area contributed by atoms with Gasteiger partial charge in [-0.25, -0.2) is 0 Å². The molecule has 0 bridgehead atoms. The van der Waals surface area contributed by atoms with E-state index in [2.05, 4.69) is 31.0 Å². The third-order valence-electron chi connectivity index (χ3n) is 5.45. The van der Waals surface area contributed by atoms with Crippen LogP contribution in [-0.2, 0) is 9.53 Å². The minimum absolute atomic E-state index is 0.0380. The van der Waals surface area contributed by atoms with Gasteiger partial charge in [-0.05, 0) is 49.1 Å². The highest BCUT2D eigenvalue weighted by Crippen LogP contribution is 2.35. The van der Waals surface area contributed by atoms with Crippen LogP contribution >= 0.6 is 11.8 Å². The number of esters is 1. The molecule has 2 aromatic rings. The first-order valence-corrected chi connectivity index (χ1v) is 10.7. The Kier molecular flexibility index (Phi) is 6.58. The number of aryl methyl sites for hydroxylation is 1. The topological polar surface area (TPSA) is 57.0 Å². The first-order chi connectivity index (χ1) is 13.0. The van der Waals surface area contributed by atoms with Gasteiger partial charge in [0.2, 0.25) is 0 Å². The Morgan fingerprint density at radius 2 is 2.11 bits per heavy atom. The Morgan fingerprint density at radius 1 is 1.33 bits per heavy atom. The monoisotopic (exact) mass is 387 g/mol. The minimum Gasteiger partial charge on any atom is -0.461 e. The molecule has 1 saturated carbocycles. The molecule has 0 unspecified atom stereocenters. The van der Waals surface area contributed by atoms with Crippen LogP contribution in [0.15, 0.2) is 35.7 Å². The molecule has 0 aliphatic heterocycles. The molecule has 146 valence electrons. The molecule has 3 rings (SSSR count). The highest BCUT2D eigenvalue weighted by molar-refractivity contribution is 7.99. The fourth-order valence-corrected chi connectivity index (χ4v) is 4.60. The number of aromatic nitrogens is 3. The Morgan fingerprint density at radius 3 is 2.85 bits per heavy atom. The molecule has 6 heteroatoms. The first kappa shape index (κ1) is 19.9. The van der Waals surface area contributed by atoms with E-state index in [0.29, 0.717) is 22.9 Å². The van der Waals surface area contributed by atoms with Crippen LogP contribution in [0.1, 0.15) is 45.6 Å². The number of thioether (sulfide) groups is 1. The van der Waals surface area contributed by atoms with E-state index < -0.39 is 0 Å². The molecule has 27 heavy (non-hydrogen) atoms. The molecule has 1 aromatic heterocycles. The number of para-hydroxylation sites is 1. The Labute approximate surface area is 165 Å². The second kappa shape index (κ2) is 8.91. The normalized spacial score (nSPS) is 22.8. The van der Waals surface area contributed by atoms with Gasteiger partial charge < -0.3 is 4.74 Å². The van der Waals surface area contributed by atoms with Crippen molar-refractivity contribution in [3.8, 4) is 5.69 Å². The van der Waals surface area contributed by atoms with Crippen molar-refractivity contribution in [2.24, 2.45) is 17.8 Å². The van der Waals surface area contributed by atoms with Gasteiger partial charge in [-0.1, -0.05) is 57.2 Å². The fraction of sp³-hybridized carbons (Fsp3) is 0.571. The van der Waals surface area contributed by atoms with Crippen molar-refractivity contribution in [1.29, 1.82) is 0 Å². The number of benzene rings is 1. The summed E-state index contributed by atoms with van der Waals surface area (Å²) in [4.78, 5) is 12.5. The molecule has 0 spiro atoms. The number of carbonyl (C=O) groups excluding carboxylic acids is 1. The second-order valence-electron chi connectivity index (χ2n) is 7.91. The summed E-state index contributed by atoms with van der Waals surface area (Å²) in [6, 6.07) is 8.07. The molecule has 1 heterocycles. The van der Waals surface area contributed by atoms with E-state index in [-0.39, 0.29) is 17.8 Å². The van der Waals surface area contributed by atoms with E-state index in [1.807, 2.05) is 35.8 Å². The molecule has 1 fully saturated rings. The number of hydrogen-bond donors (Lipinski definition) is 0. The summed E-state index contributed by atoms with van der Waals surface area (Å²) in [7, 11) is 0. The maximum absolute atomic E-state index is 12.5. The molecule has 1 aliphatic rings. The molecule has 5 nitrogen and oxygen atoms in total. The fourth-order valence-electron chi connectivity index (χ4n) is 3.90. The smallest absolute Gasteiger partial charge is 0.316 e. The number of nitrogens with zero attached hydrogens (tertiary/aromatic N) is 3. The van der Waals surface area contributed by atoms with Crippen LogP contribution < -0.4 is 0 Å². The largest absolute Gasteiger partial charge is 0.461 e. The van der Waals surface area contributed by atoms with Crippen molar-refractivity contribution >= 4 is 17.7 Å². The van der Waals surface area contributed by atoms with Gasteiger partial charge in [0.1, 0.15) is 12.4 Å². The van der Waals surface area contributed by atoms with E-state index >= 15 is 0 Å². The van der Waals surface area contributed by atoms with Crippen molar-refractivity contribution in [3.05, 3.63) is 36.2 Å². The zero-order valence-electron chi connectivity index (χ0n) is 16.6. The predicted octanol–water partition coefficient (Wildman–Crippen LogP) is 4.67. The average molecular weight is 388 g/mol. The maximum atomic E-state index is 12.5. The van der Waals surface area contributed by atoms with Crippen molar-refractivity contribution < 1.29 is 9.53 Å². The summed E-state index contributed by atoms with van der Waals surface area (Å²) in [6.45, 7) is 8.74. The maximum Gasteiger partial charge on any atom is 0.316 e. The number of hydrogen-bond acceptors (Lipinski definition) is 5. The zero-order valence-corrected chi connectivity index (χ0v) is 17.4. The van der Waals surface area contributed by atoms with Gasteiger partial charge >= 0.3 is 5.97 Å². The molecule has 3 atom stereocenters. The minimum atomic E-state index is -0.163. The van der Waals surface area contributed by atoms with E-state index in [1.165, 1.54) is 18.2 Å². The van der Waals surface area contributed by atoms with Crippen molar-refractivity contribution in [2.45, 2.75) is 58.2 Å². The van der Waals surface area contributed by atoms with E-state index in [0.717, 1.165) is 24.1 Å². The van der Waals surface area contributed by atoms with Gasteiger partial charge in [-0.15, -0.1) is 10.2 Å². The highest BCUT2D eigenvalue weighted by Gasteiger charge is 2.33. The van der Waals surface area contributed by atoms with Gasteiger partial charge in [0.15, 0.2) is 5.16 Å². The lowest BCUT2D eigenvalue weighted by Crippen LogP contribution is -2.36. The zero-order chi connectivity index (χ0) is 19.4. The highest BCUT2D eigenvalue weighted by atomic mass is 32.2. The lowest BCUT2D eigenvalue weighted by molar-refractivity contribution is -0.152. The van der Waals surface area contributed by atoms with Crippen LogP contribution in [0.2, 0.25) is 0 Å². The number of ether oxygens (including phenoxy) is 1. The van der Waals surface area contributed by atoms with Gasteiger partial charge in [-0.3, -0.25) is 9.36 Å². The molecule has 0 amide bonds. The van der Waals surface area contributed by atoms with Gasteiger partial charge in [-0.2, -0.15) is 0 Å². The SMILES string of the molecule is Cc1ccccc1-n1cnnc1SCC(=O)O[C@H]1C[C@H](C)CC[C@@H]1C(C)C. The third-order valence-corrected chi connectivity index (χ3v) is 6.37. The van der Waals surface area contributed by atoms with Gasteiger partial charge in [0.25, 0.3) is 0 Å². The van der Waals surface area contributed by atoms with Gasteiger partial charge in [0, 0.05) is 0 Å². The van der Waals surface area contributed by atoms with Crippen LogP contribution in [-0.4, -0.2) is 32.6 Å². The Bertz CT molecular complexity index is 774. The molecular formula is C21H29N3O2S. The van der Waals surface area contributed by atoms with E-state index in [4.69, 9.17) is 4.74 Å². The first-order valence-electron chi connectivity index (χ1n) is 9.74. The van der Waals surface area contributed by atoms with Crippen LogP contribution in [0.4, 0.5) is 0 Å². The van der Waals surface area contributed by atoms with Crippen LogP contribution in [0.5, 0.6) is 0 Å². The molecule has 0 radical (unpaired) electrons. The predicted molar refractivity (Wildman–Crippen MR) is 108 cm³/mol. The van der Waals surface area contributed by atoms with Crippen LogP contribution in [0.3, 0.4) is 0 Å². The summed E-state index contributed by atoms with van der Waals surface area (Å²) >= 11 is 1.38. The summed E-state index contributed by atoms with van der Waals surface area (Å²) in [6.07, 6.45) is 5.07. The standard InChI is InChI=1S/C21H29N3O2S/c1-14(2)17-10-9-15(3)11-19(17)26-20(25)12-27-21-23-22-13-24(21)18-8-6-5-7-16(18)4/h5-8,13-15,17,19H,9-12H2,1-4H3/t15-,17-,19+/m1/s1. The summed E-state index contributed by atoms with van der Waals surface area (Å²) in [5.74, 6) is 1.71. The third kappa shape index (κ3) is 4.92. The lowest BCUT2D eigenvalue weighted by Gasteiger charge is -2.36. The Balaban J connectivity index is 1.62. The van der Waals surface area contributed by atoms with Gasteiger partial charge in [0.05, 0.1) is 11.4 Å². The second-order valence-corrected chi connectivity index (χ2v) is 8.86. The average Bonchev–Trinajstić information content (AvgIpc) is 3.08. The summed E-state index contributed by atoms with van der Waals surface area (Å²) in [5, 5.41) is 8.90. The molecule has 1 aliphatic carbocycles. The van der Waals surface area contributed by atoms with Crippen LogP contribution in [0.25, 0.3) is 5.69 Å². The lowest BCUT2D eigenvalue weighted by atomic mass is 9.75. The van der Waals surface area contributed by atoms with Crippen LogP contribution in [0, 0.1) is 24.7 Å².